The number of nitrogens with two attached hydrogens (primary N) is 1. The number of benzene rings is 1. The number of para-hydroxylation sites is 1. The van der Waals surface area contributed by atoms with Crippen molar-refractivity contribution < 1.29 is 9.47 Å². The Hall–Kier alpha value is -1.73. The fourth-order valence-electron chi connectivity index (χ4n) is 2.21. The lowest BCUT2D eigenvalue weighted by atomic mass is 10.2. The number of hydrogen-bond acceptors (Lipinski definition) is 5. The predicted octanol–water partition coefficient (Wildman–Crippen LogP) is 1.78. The van der Waals surface area contributed by atoms with Crippen LogP contribution >= 0.6 is 0 Å². The lowest BCUT2D eigenvalue weighted by Crippen LogP contribution is -2.40. The molecule has 21 heavy (non-hydrogen) atoms. The summed E-state index contributed by atoms with van der Waals surface area (Å²) in [5.74, 6) is 5.72. The zero-order valence-electron chi connectivity index (χ0n) is 12.4. The van der Waals surface area contributed by atoms with Gasteiger partial charge in [0.15, 0.2) is 6.29 Å². The standard InChI is InChI=1S/C15H22N4O2/c1-3-20-15(21-4-2)14(18-16)13-10-11-17-19(13)12-8-6-5-7-9-12/h5-11,14-15,18H,3-4,16H2,1-2H3. The van der Waals surface area contributed by atoms with Gasteiger partial charge in [-0.3, -0.25) is 5.84 Å². The molecule has 1 unspecified atom stereocenters. The third kappa shape index (κ3) is 3.68. The van der Waals surface area contributed by atoms with E-state index in [4.69, 9.17) is 15.3 Å². The lowest BCUT2D eigenvalue weighted by Gasteiger charge is -2.26. The van der Waals surface area contributed by atoms with Gasteiger partial charge >= 0.3 is 0 Å². The van der Waals surface area contributed by atoms with Crippen LogP contribution in [0.5, 0.6) is 0 Å². The topological polar surface area (TPSA) is 74.3 Å². The quantitative estimate of drug-likeness (QED) is 0.440. The molecule has 0 amide bonds. The van der Waals surface area contributed by atoms with Crippen LogP contribution in [0.15, 0.2) is 42.6 Å². The maximum absolute atomic E-state index is 5.72. The molecule has 6 heteroatoms. The van der Waals surface area contributed by atoms with Crippen molar-refractivity contribution in [1.82, 2.24) is 15.2 Å². The molecule has 6 nitrogen and oxygen atoms in total. The summed E-state index contributed by atoms with van der Waals surface area (Å²) in [6.07, 6.45) is 1.27. The van der Waals surface area contributed by atoms with Crippen molar-refractivity contribution in [1.29, 1.82) is 0 Å². The Morgan fingerprint density at radius 1 is 1.14 bits per heavy atom. The molecule has 0 saturated carbocycles. The molecule has 1 heterocycles. The molecule has 1 atom stereocenters. The van der Waals surface area contributed by atoms with Crippen LogP contribution < -0.4 is 11.3 Å². The van der Waals surface area contributed by atoms with Crippen LogP contribution in [0.1, 0.15) is 25.6 Å². The fraction of sp³-hybridized carbons (Fsp3) is 0.400. The van der Waals surface area contributed by atoms with Crippen molar-refractivity contribution in [3.05, 3.63) is 48.3 Å². The smallest absolute Gasteiger partial charge is 0.179 e. The van der Waals surface area contributed by atoms with Gasteiger partial charge in [0, 0.05) is 19.4 Å². The highest BCUT2D eigenvalue weighted by Gasteiger charge is 2.26. The van der Waals surface area contributed by atoms with Crippen molar-refractivity contribution in [2.75, 3.05) is 13.2 Å². The molecule has 2 rings (SSSR count). The van der Waals surface area contributed by atoms with Crippen LogP contribution in [-0.4, -0.2) is 29.3 Å². The van der Waals surface area contributed by atoms with Gasteiger partial charge in [0.2, 0.25) is 0 Å². The van der Waals surface area contributed by atoms with Crippen LogP contribution in [0.4, 0.5) is 0 Å². The van der Waals surface area contributed by atoms with E-state index in [2.05, 4.69) is 10.5 Å². The molecule has 0 aliphatic rings. The second-order valence-corrected chi connectivity index (χ2v) is 4.43. The van der Waals surface area contributed by atoms with Crippen LogP contribution in [0.3, 0.4) is 0 Å². The molecule has 0 radical (unpaired) electrons. The summed E-state index contributed by atoms with van der Waals surface area (Å²) in [6.45, 7) is 4.94. The lowest BCUT2D eigenvalue weighted by molar-refractivity contribution is -0.156. The van der Waals surface area contributed by atoms with Crippen LogP contribution in [0, 0.1) is 0 Å². The maximum atomic E-state index is 5.72. The van der Waals surface area contributed by atoms with Crippen molar-refractivity contribution in [3.8, 4) is 5.69 Å². The van der Waals surface area contributed by atoms with Crippen LogP contribution in [0.2, 0.25) is 0 Å². The average Bonchev–Trinajstić information content (AvgIpc) is 2.99. The van der Waals surface area contributed by atoms with Gasteiger partial charge in [-0.25, -0.2) is 10.1 Å². The Balaban J connectivity index is 2.32. The largest absolute Gasteiger partial charge is 0.351 e. The summed E-state index contributed by atoms with van der Waals surface area (Å²) in [4.78, 5) is 0. The van der Waals surface area contributed by atoms with E-state index in [9.17, 15) is 0 Å². The number of rotatable bonds is 8. The highest BCUT2D eigenvalue weighted by Crippen LogP contribution is 2.22. The minimum absolute atomic E-state index is 0.312. The Morgan fingerprint density at radius 3 is 2.38 bits per heavy atom. The van der Waals surface area contributed by atoms with E-state index in [1.54, 1.807) is 6.20 Å². The Kier molecular flexibility index (Phi) is 5.89. The molecule has 0 aliphatic carbocycles. The highest BCUT2D eigenvalue weighted by atomic mass is 16.7. The van der Waals surface area contributed by atoms with Gasteiger partial charge in [-0.15, -0.1) is 0 Å². The van der Waals surface area contributed by atoms with Gasteiger partial charge in [0.05, 0.1) is 11.4 Å². The normalized spacial score (nSPS) is 12.8. The van der Waals surface area contributed by atoms with E-state index < -0.39 is 6.29 Å². The zero-order valence-corrected chi connectivity index (χ0v) is 12.4. The maximum Gasteiger partial charge on any atom is 0.179 e. The average molecular weight is 290 g/mol. The van der Waals surface area contributed by atoms with Gasteiger partial charge < -0.3 is 9.47 Å². The SMILES string of the molecule is CCOC(OCC)C(NN)c1ccnn1-c1ccccc1. The molecular weight excluding hydrogens is 268 g/mol. The molecule has 0 bridgehead atoms. The molecule has 2 aromatic rings. The van der Waals surface area contributed by atoms with E-state index in [1.165, 1.54) is 0 Å². The summed E-state index contributed by atoms with van der Waals surface area (Å²) in [5, 5.41) is 4.37. The number of ether oxygens (including phenoxy) is 2. The van der Waals surface area contributed by atoms with Crippen LogP contribution in [0.25, 0.3) is 5.69 Å². The third-order valence-electron chi connectivity index (χ3n) is 3.10. The van der Waals surface area contributed by atoms with Gasteiger partial charge in [-0.1, -0.05) is 18.2 Å². The summed E-state index contributed by atoms with van der Waals surface area (Å²) >= 11 is 0. The monoisotopic (exact) mass is 290 g/mol. The minimum atomic E-state index is -0.468. The van der Waals surface area contributed by atoms with Crippen molar-refractivity contribution in [3.63, 3.8) is 0 Å². The molecule has 114 valence electrons. The molecule has 0 fully saturated rings. The molecular formula is C15H22N4O2. The summed E-state index contributed by atoms with van der Waals surface area (Å²) in [7, 11) is 0. The Morgan fingerprint density at radius 2 is 1.81 bits per heavy atom. The number of nitrogens with one attached hydrogen (secondary N) is 1. The van der Waals surface area contributed by atoms with E-state index in [-0.39, 0.29) is 6.04 Å². The van der Waals surface area contributed by atoms with Gasteiger partial charge in [0.25, 0.3) is 0 Å². The molecule has 0 spiro atoms. The second-order valence-electron chi connectivity index (χ2n) is 4.43. The summed E-state index contributed by atoms with van der Waals surface area (Å²) < 4.78 is 13.1. The highest BCUT2D eigenvalue weighted by molar-refractivity contribution is 5.33. The minimum Gasteiger partial charge on any atom is -0.351 e. The van der Waals surface area contributed by atoms with Crippen molar-refractivity contribution in [2.45, 2.75) is 26.2 Å². The van der Waals surface area contributed by atoms with Crippen molar-refractivity contribution in [2.24, 2.45) is 5.84 Å². The number of aromatic nitrogens is 2. The second kappa shape index (κ2) is 7.90. The van der Waals surface area contributed by atoms with E-state index in [0.717, 1.165) is 11.4 Å². The molecule has 3 N–H and O–H groups in total. The molecule has 1 aromatic carbocycles. The first kappa shape index (κ1) is 15.7. The Bertz CT molecular complexity index is 523. The van der Waals surface area contributed by atoms with Gasteiger partial charge in [-0.05, 0) is 32.0 Å². The summed E-state index contributed by atoms with van der Waals surface area (Å²) in [5.41, 5.74) is 4.62. The van der Waals surface area contributed by atoms with Crippen molar-refractivity contribution >= 4 is 0 Å². The Labute approximate surface area is 124 Å². The zero-order chi connectivity index (χ0) is 15.1. The van der Waals surface area contributed by atoms with E-state index in [1.807, 2.05) is 54.9 Å². The van der Waals surface area contributed by atoms with Crippen LogP contribution in [-0.2, 0) is 9.47 Å². The third-order valence-corrected chi connectivity index (χ3v) is 3.10. The first-order valence-electron chi connectivity index (χ1n) is 7.10. The molecule has 0 saturated heterocycles. The van der Waals surface area contributed by atoms with E-state index in [0.29, 0.717) is 13.2 Å². The van der Waals surface area contributed by atoms with Gasteiger partial charge in [0.1, 0.15) is 6.04 Å². The van der Waals surface area contributed by atoms with Gasteiger partial charge in [-0.2, -0.15) is 5.10 Å². The number of hydrazine groups is 1. The number of nitrogens with zero attached hydrogens (tertiary/aromatic N) is 2. The van der Waals surface area contributed by atoms with E-state index >= 15 is 0 Å². The molecule has 0 aliphatic heterocycles. The number of hydrogen-bond donors (Lipinski definition) is 2. The fourth-order valence-corrected chi connectivity index (χ4v) is 2.21. The molecule has 1 aromatic heterocycles. The first-order valence-corrected chi connectivity index (χ1v) is 7.10. The summed E-state index contributed by atoms with van der Waals surface area (Å²) in [6, 6.07) is 11.5. The first-order chi connectivity index (χ1) is 10.3. The predicted molar refractivity (Wildman–Crippen MR) is 80.7 cm³/mol.